The summed E-state index contributed by atoms with van der Waals surface area (Å²) < 4.78 is 0. The van der Waals surface area contributed by atoms with E-state index in [1.807, 2.05) is 0 Å². The first-order valence-electron chi connectivity index (χ1n) is 6.32. The zero-order chi connectivity index (χ0) is 11.2. The van der Waals surface area contributed by atoms with Crippen LogP contribution in [-0.2, 0) is 6.54 Å². The molecule has 2 rings (SSSR count). The van der Waals surface area contributed by atoms with Gasteiger partial charge >= 0.3 is 0 Å². The number of thiophene rings is 1. The van der Waals surface area contributed by atoms with Crippen LogP contribution in [0.3, 0.4) is 0 Å². The van der Waals surface area contributed by atoms with E-state index in [0.717, 1.165) is 31.5 Å². The Kier molecular flexibility index (Phi) is 4.82. The number of hydrogen-bond donors (Lipinski definition) is 2. The van der Waals surface area contributed by atoms with Crippen molar-refractivity contribution >= 4 is 11.3 Å². The van der Waals surface area contributed by atoms with Crippen molar-refractivity contribution in [3.05, 3.63) is 22.4 Å². The lowest BCUT2D eigenvalue weighted by molar-refractivity contribution is 0.235. The van der Waals surface area contributed by atoms with Gasteiger partial charge in [-0.05, 0) is 60.2 Å². The van der Waals surface area contributed by atoms with Crippen LogP contribution in [-0.4, -0.2) is 13.1 Å². The molecular weight excluding hydrogens is 216 g/mol. The summed E-state index contributed by atoms with van der Waals surface area (Å²) in [6.07, 6.45) is 5.46. The van der Waals surface area contributed by atoms with Gasteiger partial charge in [0.15, 0.2) is 0 Å². The molecule has 1 aromatic rings. The van der Waals surface area contributed by atoms with Crippen molar-refractivity contribution in [3.63, 3.8) is 0 Å². The van der Waals surface area contributed by atoms with Crippen LogP contribution in [0.2, 0.25) is 0 Å². The van der Waals surface area contributed by atoms with E-state index < -0.39 is 0 Å². The van der Waals surface area contributed by atoms with E-state index in [9.17, 15) is 0 Å². The highest BCUT2D eigenvalue weighted by molar-refractivity contribution is 7.07. The molecule has 1 saturated carbocycles. The summed E-state index contributed by atoms with van der Waals surface area (Å²) in [6.45, 7) is 3.01. The fourth-order valence-corrected chi connectivity index (χ4v) is 3.33. The Morgan fingerprint density at radius 1 is 1.31 bits per heavy atom. The molecule has 2 nitrogen and oxygen atoms in total. The van der Waals surface area contributed by atoms with Crippen molar-refractivity contribution in [1.29, 1.82) is 0 Å². The number of rotatable bonds is 5. The van der Waals surface area contributed by atoms with Crippen LogP contribution in [0.15, 0.2) is 16.8 Å². The Morgan fingerprint density at radius 2 is 2.12 bits per heavy atom. The maximum atomic E-state index is 5.83. The van der Waals surface area contributed by atoms with E-state index in [1.54, 1.807) is 11.3 Å². The quantitative estimate of drug-likeness (QED) is 0.827. The summed E-state index contributed by atoms with van der Waals surface area (Å²) in [4.78, 5) is 0. The van der Waals surface area contributed by atoms with Gasteiger partial charge in [0.2, 0.25) is 0 Å². The van der Waals surface area contributed by atoms with Crippen LogP contribution in [0.1, 0.15) is 31.2 Å². The molecule has 0 amide bonds. The topological polar surface area (TPSA) is 38.0 Å². The van der Waals surface area contributed by atoms with Crippen molar-refractivity contribution in [3.8, 4) is 0 Å². The molecule has 0 bridgehead atoms. The van der Waals surface area contributed by atoms with Gasteiger partial charge in [0.25, 0.3) is 0 Å². The highest BCUT2D eigenvalue weighted by atomic mass is 32.1. The minimum atomic E-state index is 0.753. The smallest absolute Gasteiger partial charge is 0.0213 e. The van der Waals surface area contributed by atoms with Gasteiger partial charge in [-0.1, -0.05) is 12.8 Å². The Labute approximate surface area is 102 Å². The summed E-state index contributed by atoms with van der Waals surface area (Å²) in [5, 5.41) is 7.93. The second kappa shape index (κ2) is 6.38. The Morgan fingerprint density at radius 3 is 2.81 bits per heavy atom. The molecule has 0 aromatic carbocycles. The Bertz CT molecular complexity index is 284. The predicted octanol–water partition coefficient (Wildman–Crippen LogP) is 2.60. The van der Waals surface area contributed by atoms with Gasteiger partial charge in [-0.15, -0.1) is 0 Å². The predicted molar refractivity (Wildman–Crippen MR) is 70.5 cm³/mol. The summed E-state index contributed by atoms with van der Waals surface area (Å²) >= 11 is 1.77. The summed E-state index contributed by atoms with van der Waals surface area (Å²) in [7, 11) is 0. The molecular formula is C13H22N2S. The SMILES string of the molecule is NCC1CCCCC1CNCc1ccsc1. The first kappa shape index (κ1) is 12.1. The average molecular weight is 238 g/mol. The van der Waals surface area contributed by atoms with E-state index in [4.69, 9.17) is 5.73 Å². The van der Waals surface area contributed by atoms with Crippen molar-refractivity contribution in [2.75, 3.05) is 13.1 Å². The highest BCUT2D eigenvalue weighted by Crippen LogP contribution is 2.28. The van der Waals surface area contributed by atoms with Gasteiger partial charge in [-0.2, -0.15) is 11.3 Å². The normalized spacial score (nSPS) is 25.8. The van der Waals surface area contributed by atoms with Crippen LogP contribution >= 0.6 is 11.3 Å². The van der Waals surface area contributed by atoms with Gasteiger partial charge in [0.1, 0.15) is 0 Å². The lowest BCUT2D eigenvalue weighted by atomic mass is 9.79. The minimum absolute atomic E-state index is 0.753. The highest BCUT2D eigenvalue weighted by Gasteiger charge is 2.23. The zero-order valence-electron chi connectivity index (χ0n) is 9.82. The van der Waals surface area contributed by atoms with E-state index in [1.165, 1.54) is 31.2 Å². The van der Waals surface area contributed by atoms with Crippen LogP contribution in [0.25, 0.3) is 0 Å². The molecule has 1 heterocycles. The van der Waals surface area contributed by atoms with Gasteiger partial charge in [0.05, 0.1) is 0 Å². The van der Waals surface area contributed by atoms with Crippen LogP contribution < -0.4 is 11.1 Å². The summed E-state index contributed by atoms with van der Waals surface area (Å²) in [5.74, 6) is 1.56. The summed E-state index contributed by atoms with van der Waals surface area (Å²) in [5.41, 5.74) is 7.24. The maximum Gasteiger partial charge on any atom is 0.0213 e. The number of hydrogen-bond acceptors (Lipinski definition) is 3. The van der Waals surface area contributed by atoms with Crippen LogP contribution in [0.4, 0.5) is 0 Å². The molecule has 90 valence electrons. The van der Waals surface area contributed by atoms with Gasteiger partial charge in [0, 0.05) is 6.54 Å². The third-order valence-corrected chi connectivity index (χ3v) is 4.42. The largest absolute Gasteiger partial charge is 0.330 e. The Hall–Kier alpha value is -0.380. The zero-order valence-corrected chi connectivity index (χ0v) is 10.6. The molecule has 16 heavy (non-hydrogen) atoms. The Balaban J connectivity index is 1.71. The molecule has 1 aliphatic rings. The second-order valence-corrected chi connectivity index (χ2v) is 5.58. The van der Waals surface area contributed by atoms with Gasteiger partial charge in [-0.25, -0.2) is 0 Å². The molecule has 0 saturated heterocycles. The summed E-state index contributed by atoms with van der Waals surface area (Å²) in [6, 6.07) is 2.19. The lowest BCUT2D eigenvalue weighted by Crippen LogP contribution is -2.34. The number of nitrogens with one attached hydrogen (secondary N) is 1. The molecule has 0 aliphatic heterocycles. The molecule has 1 aliphatic carbocycles. The van der Waals surface area contributed by atoms with Gasteiger partial charge in [-0.3, -0.25) is 0 Å². The van der Waals surface area contributed by atoms with Crippen molar-refractivity contribution in [2.24, 2.45) is 17.6 Å². The second-order valence-electron chi connectivity index (χ2n) is 4.80. The van der Waals surface area contributed by atoms with Crippen molar-refractivity contribution < 1.29 is 0 Å². The monoisotopic (exact) mass is 238 g/mol. The van der Waals surface area contributed by atoms with Crippen molar-refractivity contribution in [1.82, 2.24) is 5.32 Å². The molecule has 2 unspecified atom stereocenters. The van der Waals surface area contributed by atoms with Crippen molar-refractivity contribution in [2.45, 2.75) is 32.2 Å². The first-order chi connectivity index (χ1) is 7.90. The van der Waals surface area contributed by atoms with E-state index >= 15 is 0 Å². The van der Waals surface area contributed by atoms with Gasteiger partial charge < -0.3 is 11.1 Å². The third kappa shape index (κ3) is 3.30. The van der Waals surface area contributed by atoms with E-state index in [2.05, 4.69) is 22.1 Å². The fourth-order valence-electron chi connectivity index (χ4n) is 2.66. The average Bonchev–Trinajstić information content (AvgIpc) is 2.83. The molecule has 1 fully saturated rings. The molecule has 3 heteroatoms. The number of nitrogens with two attached hydrogens (primary N) is 1. The molecule has 2 atom stereocenters. The third-order valence-electron chi connectivity index (χ3n) is 3.68. The first-order valence-corrected chi connectivity index (χ1v) is 7.26. The molecule has 0 radical (unpaired) electrons. The van der Waals surface area contributed by atoms with E-state index in [0.29, 0.717) is 0 Å². The molecule has 0 spiro atoms. The maximum absolute atomic E-state index is 5.83. The standard InChI is InChI=1S/C13H22N2S/c14-7-12-3-1-2-4-13(12)9-15-8-11-5-6-16-10-11/h5-6,10,12-13,15H,1-4,7-9,14H2. The van der Waals surface area contributed by atoms with Crippen LogP contribution in [0.5, 0.6) is 0 Å². The molecule has 3 N–H and O–H groups in total. The fraction of sp³-hybridized carbons (Fsp3) is 0.692. The lowest BCUT2D eigenvalue weighted by Gasteiger charge is -2.30. The van der Waals surface area contributed by atoms with E-state index in [-0.39, 0.29) is 0 Å². The minimum Gasteiger partial charge on any atom is -0.330 e. The van der Waals surface area contributed by atoms with Crippen LogP contribution in [0, 0.1) is 11.8 Å². The molecule has 1 aromatic heterocycles.